The lowest BCUT2D eigenvalue weighted by molar-refractivity contribution is -0.126. The summed E-state index contributed by atoms with van der Waals surface area (Å²) in [6.45, 7) is 2.12. The molecule has 2 atom stereocenters. The Morgan fingerprint density at radius 1 is 1.54 bits per heavy atom. The molecule has 0 aromatic rings. The molecule has 3 nitrogen and oxygen atoms in total. The first-order chi connectivity index (χ1) is 6.15. The molecule has 1 saturated heterocycles. The zero-order valence-corrected chi connectivity index (χ0v) is 8.54. The third kappa shape index (κ3) is 1.24. The minimum Gasteiger partial charge on any atom is -0.348 e. The van der Waals surface area contributed by atoms with E-state index in [1.54, 1.807) is 0 Å². The molecule has 72 valence electrons. The predicted octanol–water partition coefficient (Wildman–Crippen LogP) is 0.940. The van der Waals surface area contributed by atoms with Crippen LogP contribution in [-0.4, -0.2) is 16.6 Å². The second-order valence-corrected chi connectivity index (χ2v) is 4.43. The van der Waals surface area contributed by atoms with Crippen LogP contribution in [0, 0.1) is 5.92 Å². The summed E-state index contributed by atoms with van der Waals surface area (Å²) in [6.07, 6.45) is 4.38. The van der Waals surface area contributed by atoms with E-state index < -0.39 is 0 Å². The molecule has 2 N–H and O–H groups in total. The fraction of sp³-hybridized carbons (Fsp3) is 0.778. The standard InChI is InChI=1S/C9H14N2OS/c1-6-4-2-3-5-9(6)7(12)10-8(13)11-9/h6H,2-5H2,1H3,(H2,10,11,12,13). The Labute approximate surface area is 83.3 Å². The molecule has 0 aromatic heterocycles. The van der Waals surface area contributed by atoms with Crippen LogP contribution < -0.4 is 10.6 Å². The van der Waals surface area contributed by atoms with Crippen molar-refractivity contribution in [3.8, 4) is 0 Å². The molecule has 2 rings (SSSR count). The summed E-state index contributed by atoms with van der Waals surface area (Å²) in [5.74, 6) is 0.464. The summed E-state index contributed by atoms with van der Waals surface area (Å²) >= 11 is 4.96. The van der Waals surface area contributed by atoms with Crippen molar-refractivity contribution in [3.63, 3.8) is 0 Å². The van der Waals surface area contributed by atoms with E-state index in [1.165, 1.54) is 6.42 Å². The van der Waals surface area contributed by atoms with E-state index in [2.05, 4.69) is 17.6 Å². The molecule has 2 unspecified atom stereocenters. The number of hydrogen-bond donors (Lipinski definition) is 2. The lowest BCUT2D eigenvalue weighted by atomic mass is 9.74. The van der Waals surface area contributed by atoms with Gasteiger partial charge in [-0.25, -0.2) is 0 Å². The maximum atomic E-state index is 11.7. The molecule has 0 bridgehead atoms. The lowest BCUT2D eigenvalue weighted by Crippen LogP contribution is -2.53. The largest absolute Gasteiger partial charge is 0.348 e. The van der Waals surface area contributed by atoms with E-state index in [4.69, 9.17) is 12.2 Å². The lowest BCUT2D eigenvalue weighted by Gasteiger charge is -2.36. The van der Waals surface area contributed by atoms with Crippen molar-refractivity contribution < 1.29 is 4.79 Å². The van der Waals surface area contributed by atoms with Gasteiger partial charge in [-0.2, -0.15) is 0 Å². The van der Waals surface area contributed by atoms with Crippen molar-refractivity contribution in [2.75, 3.05) is 0 Å². The first-order valence-corrected chi connectivity index (χ1v) is 5.19. The van der Waals surface area contributed by atoms with E-state index in [1.807, 2.05) is 0 Å². The number of nitrogens with one attached hydrogen (secondary N) is 2. The van der Waals surface area contributed by atoms with Crippen LogP contribution in [-0.2, 0) is 4.79 Å². The number of hydrogen-bond acceptors (Lipinski definition) is 2. The molecule has 1 saturated carbocycles. The van der Waals surface area contributed by atoms with E-state index in [-0.39, 0.29) is 11.4 Å². The molecule has 0 aromatic carbocycles. The Hall–Kier alpha value is -0.640. The predicted molar refractivity (Wildman–Crippen MR) is 54.2 cm³/mol. The van der Waals surface area contributed by atoms with Gasteiger partial charge in [0.1, 0.15) is 5.54 Å². The van der Waals surface area contributed by atoms with Gasteiger partial charge in [0.15, 0.2) is 5.11 Å². The second-order valence-electron chi connectivity index (χ2n) is 4.03. The van der Waals surface area contributed by atoms with Crippen molar-refractivity contribution >= 4 is 23.2 Å². The number of rotatable bonds is 0. The summed E-state index contributed by atoms with van der Waals surface area (Å²) in [5.41, 5.74) is -0.380. The highest BCUT2D eigenvalue weighted by molar-refractivity contribution is 7.80. The van der Waals surface area contributed by atoms with Crippen LogP contribution in [0.2, 0.25) is 0 Å². The molecule has 13 heavy (non-hydrogen) atoms. The van der Waals surface area contributed by atoms with Crippen LogP contribution in [0.5, 0.6) is 0 Å². The molecule has 1 aliphatic heterocycles. The van der Waals surface area contributed by atoms with Gasteiger partial charge in [0.2, 0.25) is 0 Å². The highest BCUT2D eigenvalue weighted by Crippen LogP contribution is 2.35. The Balaban J connectivity index is 2.26. The maximum Gasteiger partial charge on any atom is 0.252 e. The van der Waals surface area contributed by atoms with E-state index in [0.29, 0.717) is 11.0 Å². The number of thiocarbonyl (C=S) groups is 1. The van der Waals surface area contributed by atoms with Gasteiger partial charge in [-0.1, -0.05) is 19.8 Å². The quantitative estimate of drug-likeness (QED) is 0.569. The topological polar surface area (TPSA) is 41.1 Å². The second kappa shape index (κ2) is 2.94. The first-order valence-electron chi connectivity index (χ1n) is 4.79. The Kier molecular flexibility index (Phi) is 2.02. The van der Waals surface area contributed by atoms with Crippen molar-refractivity contribution in [3.05, 3.63) is 0 Å². The summed E-state index contributed by atoms with van der Waals surface area (Å²) in [4.78, 5) is 11.7. The molecule has 0 radical (unpaired) electrons. The zero-order valence-electron chi connectivity index (χ0n) is 7.72. The molecular formula is C9H14N2OS. The molecule has 1 spiro atoms. The monoisotopic (exact) mass is 198 g/mol. The highest BCUT2D eigenvalue weighted by atomic mass is 32.1. The van der Waals surface area contributed by atoms with Crippen LogP contribution in [0.4, 0.5) is 0 Å². The maximum absolute atomic E-state index is 11.7. The van der Waals surface area contributed by atoms with Crippen LogP contribution >= 0.6 is 12.2 Å². The van der Waals surface area contributed by atoms with Crippen LogP contribution in [0.1, 0.15) is 32.6 Å². The summed E-state index contributed by atoms with van der Waals surface area (Å²) < 4.78 is 0. The average Bonchev–Trinajstić information content (AvgIpc) is 2.35. The molecule has 2 aliphatic rings. The van der Waals surface area contributed by atoms with Gasteiger partial charge < -0.3 is 10.6 Å². The highest BCUT2D eigenvalue weighted by Gasteiger charge is 2.49. The molecule has 4 heteroatoms. The van der Waals surface area contributed by atoms with E-state index >= 15 is 0 Å². The molecular weight excluding hydrogens is 184 g/mol. The molecule has 1 aliphatic carbocycles. The van der Waals surface area contributed by atoms with Gasteiger partial charge in [-0.15, -0.1) is 0 Å². The van der Waals surface area contributed by atoms with Crippen LogP contribution in [0.15, 0.2) is 0 Å². The van der Waals surface area contributed by atoms with Crippen molar-refractivity contribution in [1.82, 2.24) is 10.6 Å². The smallest absolute Gasteiger partial charge is 0.252 e. The SMILES string of the molecule is CC1CCCCC12NC(=S)NC2=O. The number of amides is 1. The third-order valence-corrected chi connectivity index (χ3v) is 3.47. The normalized spacial score (nSPS) is 39.0. The summed E-state index contributed by atoms with van der Waals surface area (Å²) in [5, 5.41) is 6.33. The van der Waals surface area contributed by atoms with Gasteiger partial charge in [0.05, 0.1) is 0 Å². The van der Waals surface area contributed by atoms with Crippen LogP contribution in [0.3, 0.4) is 0 Å². The summed E-state index contributed by atoms with van der Waals surface area (Å²) in [6, 6.07) is 0. The van der Waals surface area contributed by atoms with Crippen molar-refractivity contribution in [2.24, 2.45) is 5.92 Å². The fourth-order valence-electron chi connectivity index (χ4n) is 2.38. The van der Waals surface area contributed by atoms with Crippen molar-refractivity contribution in [1.29, 1.82) is 0 Å². The van der Waals surface area contributed by atoms with Gasteiger partial charge in [0, 0.05) is 0 Å². The Morgan fingerprint density at radius 3 is 2.85 bits per heavy atom. The molecule has 2 fully saturated rings. The third-order valence-electron chi connectivity index (χ3n) is 3.27. The minimum absolute atomic E-state index is 0.0738. The molecule has 1 heterocycles. The minimum atomic E-state index is -0.380. The zero-order chi connectivity index (χ0) is 9.47. The Bertz CT molecular complexity index is 266. The van der Waals surface area contributed by atoms with E-state index in [9.17, 15) is 4.79 Å². The van der Waals surface area contributed by atoms with Crippen LogP contribution in [0.25, 0.3) is 0 Å². The van der Waals surface area contributed by atoms with Crippen molar-refractivity contribution in [2.45, 2.75) is 38.1 Å². The first kappa shape index (κ1) is 8.94. The van der Waals surface area contributed by atoms with Gasteiger partial charge in [0.25, 0.3) is 5.91 Å². The summed E-state index contributed by atoms with van der Waals surface area (Å²) in [7, 11) is 0. The van der Waals surface area contributed by atoms with Gasteiger partial charge in [-0.05, 0) is 31.0 Å². The van der Waals surface area contributed by atoms with Gasteiger partial charge in [-0.3, -0.25) is 4.79 Å². The number of carbonyl (C=O) groups is 1. The molecule has 1 amide bonds. The van der Waals surface area contributed by atoms with E-state index in [0.717, 1.165) is 19.3 Å². The average molecular weight is 198 g/mol. The fourth-order valence-corrected chi connectivity index (χ4v) is 2.65. The number of carbonyl (C=O) groups excluding carboxylic acids is 1. The van der Waals surface area contributed by atoms with Gasteiger partial charge >= 0.3 is 0 Å². The Morgan fingerprint density at radius 2 is 2.31 bits per heavy atom.